The quantitative estimate of drug-likeness (QED) is 0.390. The van der Waals surface area contributed by atoms with Crippen molar-refractivity contribution < 1.29 is 23.8 Å². The fraction of sp³-hybridized carbons (Fsp3) is 0.613. The molecule has 0 radical (unpaired) electrons. The van der Waals surface area contributed by atoms with E-state index in [-0.39, 0.29) is 41.4 Å². The molecule has 39 heavy (non-hydrogen) atoms. The second kappa shape index (κ2) is 11.8. The van der Waals surface area contributed by atoms with Gasteiger partial charge in [0.25, 0.3) is 5.88 Å². The van der Waals surface area contributed by atoms with Crippen LogP contribution in [0.1, 0.15) is 90.1 Å². The molecule has 1 fully saturated rings. The van der Waals surface area contributed by atoms with Crippen molar-refractivity contribution in [3.8, 4) is 11.6 Å². The molecule has 4 rings (SSSR count). The largest absolute Gasteiger partial charge is 0.481 e. The van der Waals surface area contributed by atoms with Gasteiger partial charge in [0.05, 0.1) is 18.2 Å². The number of rotatable bonds is 10. The zero-order valence-electron chi connectivity index (χ0n) is 24.1. The zero-order valence-corrected chi connectivity index (χ0v) is 24.1. The van der Waals surface area contributed by atoms with Crippen molar-refractivity contribution in [2.75, 3.05) is 6.54 Å². The van der Waals surface area contributed by atoms with Crippen molar-refractivity contribution in [1.82, 2.24) is 15.6 Å². The molecule has 0 bridgehead atoms. The molecule has 7 nitrogen and oxygen atoms in total. The Morgan fingerprint density at radius 3 is 2.51 bits per heavy atom. The van der Waals surface area contributed by atoms with Crippen LogP contribution in [0, 0.1) is 11.2 Å². The summed E-state index contributed by atoms with van der Waals surface area (Å²) in [5.74, 6) is 0.692. The Morgan fingerprint density at radius 2 is 1.95 bits per heavy atom. The lowest BCUT2D eigenvalue weighted by atomic mass is 9.73. The van der Waals surface area contributed by atoms with Crippen molar-refractivity contribution in [2.45, 2.75) is 110 Å². The van der Waals surface area contributed by atoms with Gasteiger partial charge in [0.2, 0.25) is 5.91 Å². The van der Waals surface area contributed by atoms with Gasteiger partial charge in [-0.25, -0.2) is 9.37 Å². The number of hydrogen-bond acceptors (Lipinski definition) is 6. The fourth-order valence-electron chi connectivity index (χ4n) is 5.50. The lowest BCUT2D eigenvalue weighted by Gasteiger charge is -2.48. The van der Waals surface area contributed by atoms with E-state index in [1.807, 2.05) is 13.8 Å². The van der Waals surface area contributed by atoms with Crippen LogP contribution in [0.5, 0.6) is 11.6 Å². The highest BCUT2D eigenvalue weighted by Crippen LogP contribution is 2.52. The lowest BCUT2D eigenvalue weighted by Crippen LogP contribution is -2.52. The monoisotopic (exact) mass is 541 g/mol. The van der Waals surface area contributed by atoms with Crippen molar-refractivity contribution in [3.63, 3.8) is 0 Å². The molecule has 8 heteroatoms. The van der Waals surface area contributed by atoms with E-state index in [1.54, 1.807) is 12.1 Å². The summed E-state index contributed by atoms with van der Waals surface area (Å²) in [5.41, 5.74) is 2.58. The van der Waals surface area contributed by atoms with Gasteiger partial charge in [-0.15, -0.1) is 0 Å². The number of aliphatic hydroxyl groups excluding tert-OH is 1. The molecular weight excluding hydrogens is 497 g/mol. The molecule has 2 heterocycles. The predicted octanol–water partition coefficient (Wildman–Crippen LogP) is 5.04. The first-order chi connectivity index (χ1) is 18.3. The van der Waals surface area contributed by atoms with Crippen LogP contribution in [0.2, 0.25) is 0 Å². The number of pyridine rings is 1. The molecule has 1 aliphatic carbocycles. The number of nitrogens with zero attached hydrogens (tertiary/aromatic N) is 1. The van der Waals surface area contributed by atoms with E-state index in [1.165, 1.54) is 19.1 Å². The SMILES string of the molecule is CC(=O)N[C@@H](Cc1ccc(F)cc1)[C@H](O)CN[C@H]1CC2(CCC2)Oc2c1cc(CC(C)(C)C)nc2OC(C)C. The smallest absolute Gasteiger partial charge is 0.257 e. The molecule has 1 amide bonds. The summed E-state index contributed by atoms with van der Waals surface area (Å²) in [5, 5.41) is 17.7. The molecular formula is C31H44FN3O4. The molecule has 2 aromatic rings. The zero-order chi connectivity index (χ0) is 28.4. The standard InChI is InChI=1S/C31H44FN3O4/c1-19(2)38-29-28-24(15-23(35-29)16-30(4,5)6)26(17-31(39-28)12-7-13-31)33-18-27(37)25(34-20(3)36)14-21-8-10-22(32)11-9-21/h8-11,15,19,25-27,33,37H,7,12-14,16-18H2,1-6H3,(H,34,36)/t25-,26-,27+/m0/s1. The maximum Gasteiger partial charge on any atom is 0.257 e. The Bertz CT molecular complexity index is 1140. The molecule has 1 aliphatic heterocycles. The molecule has 1 saturated carbocycles. The fourth-order valence-corrected chi connectivity index (χ4v) is 5.50. The Morgan fingerprint density at radius 1 is 1.26 bits per heavy atom. The van der Waals surface area contributed by atoms with Gasteiger partial charge in [-0.3, -0.25) is 4.79 Å². The van der Waals surface area contributed by atoms with E-state index in [0.717, 1.165) is 48.9 Å². The first-order valence-electron chi connectivity index (χ1n) is 14.1. The molecule has 214 valence electrons. The molecule has 1 aromatic carbocycles. The van der Waals surface area contributed by atoms with Gasteiger partial charge < -0.3 is 25.2 Å². The molecule has 2 aliphatic rings. The first kappa shape index (κ1) is 29.3. The normalized spacial score (nSPS) is 19.6. The van der Waals surface area contributed by atoms with E-state index >= 15 is 0 Å². The molecule has 0 unspecified atom stereocenters. The van der Waals surface area contributed by atoms with E-state index < -0.39 is 12.1 Å². The van der Waals surface area contributed by atoms with Crippen LogP contribution in [-0.4, -0.2) is 46.4 Å². The van der Waals surface area contributed by atoms with Crippen LogP contribution in [-0.2, 0) is 17.6 Å². The highest BCUT2D eigenvalue weighted by molar-refractivity contribution is 5.73. The summed E-state index contributed by atoms with van der Waals surface area (Å²) in [7, 11) is 0. The summed E-state index contributed by atoms with van der Waals surface area (Å²) < 4.78 is 26.2. The Labute approximate surface area is 231 Å². The first-order valence-corrected chi connectivity index (χ1v) is 14.1. The van der Waals surface area contributed by atoms with Gasteiger partial charge in [-0.1, -0.05) is 32.9 Å². The van der Waals surface area contributed by atoms with Crippen molar-refractivity contribution >= 4 is 5.91 Å². The second-order valence-corrected chi connectivity index (χ2v) is 12.7. The minimum Gasteiger partial charge on any atom is -0.481 e. The van der Waals surface area contributed by atoms with Crippen LogP contribution >= 0.6 is 0 Å². The number of aromatic nitrogens is 1. The van der Waals surface area contributed by atoms with Gasteiger partial charge in [0, 0.05) is 37.2 Å². The van der Waals surface area contributed by atoms with Gasteiger partial charge in [-0.05, 0) is 75.1 Å². The van der Waals surface area contributed by atoms with Crippen molar-refractivity contribution in [1.29, 1.82) is 0 Å². The van der Waals surface area contributed by atoms with E-state index in [0.29, 0.717) is 18.1 Å². The van der Waals surface area contributed by atoms with Crippen LogP contribution in [0.3, 0.4) is 0 Å². The number of carbonyl (C=O) groups excluding carboxylic acids is 1. The number of benzene rings is 1. The Kier molecular flexibility index (Phi) is 8.86. The third kappa shape index (κ3) is 7.70. The molecule has 3 N–H and O–H groups in total. The predicted molar refractivity (Wildman–Crippen MR) is 149 cm³/mol. The summed E-state index contributed by atoms with van der Waals surface area (Å²) in [6.45, 7) is 12.2. The summed E-state index contributed by atoms with van der Waals surface area (Å²) in [6, 6.07) is 7.67. The number of carbonyl (C=O) groups is 1. The van der Waals surface area contributed by atoms with Crippen molar-refractivity contribution in [2.24, 2.45) is 5.41 Å². The second-order valence-electron chi connectivity index (χ2n) is 12.7. The van der Waals surface area contributed by atoms with E-state index in [9.17, 15) is 14.3 Å². The number of amides is 1. The van der Waals surface area contributed by atoms with Gasteiger partial charge >= 0.3 is 0 Å². The summed E-state index contributed by atoms with van der Waals surface area (Å²) in [6.07, 6.45) is 4.12. The third-order valence-corrected chi connectivity index (χ3v) is 7.41. The highest BCUT2D eigenvalue weighted by Gasteiger charge is 2.47. The van der Waals surface area contributed by atoms with E-state index in [2.05, 4.69) is 37.5 Å². The maximum atomic E-state index is 13.4. The van der Waals surface area contributed by atoms with Gasteiger partial charge in [0.1, 0.15) is 11.4 Å². The maximum absolute atomic E-state index is 13.4. The minimum atomic E-state index is -0.857. The van der Waals surface area contributed by atoms with E-state index in [4.69, 9.17) is 14.5 Å². The number of nitrogens with one attached hydrogen (secondary N) is 2. The van der Waals surface area contributed by atoms with Crippen LogP contribution in [0.4, 0.5) is 4.39 Å². The Hall–Kier alpha value is -2.71. The average molecular weight is 542 g/mol. The number of ether oxygens (including phenoxy) is 2. The third-order valence-electron chi connectivity index (χ3n) is 7.41. The van der Waals surface area contributed by atoms with Crippen LogP contribution in [0.25, 0.3) is 0 Å². The minimum absolute atomic E-state index is 0.0477. The number of halogens is 1. The van der Waals surface area contributed by atoms with Gasteiger partial charge in [-0.2, -0.15) is 0 Å². The van der Waals surface area contributed by atoms with Crippen LogP contribution < -0.4 is 20.1 Å². The molecule has 1 aromatic heterocycles. The van der Waals surface area contributed by atoms with Crippen molar-refractivity contribution in [3.05, 3.63) is 53.0 Å². The molecule has 1 spiro atoms. The topological polar surface area (TPSA) is 92.7 Å². The average Bonchev–Trinajstić information content (AvgIpc) is 2.80. The van der Waals surface area contributed by atoms with Crippen LogP contribution in [0.15, 0.2) is 30.3 Å². The lowest BCUT2D eigenvalue weighted by molar-refractivity contribution is -0.120. The molecule has 0 saturated heterocycles. The number of aliphatic hydroxyl groups is 1. The van der Waals surface area contributed by atoms with Gasteiger partial charge in [0.15, 0.2) is 5.75 Å². The summed E-state index contributed by atoms with van der Waals surface area (Å²) >= 11 is 0. The number of fused-ring (bicyclic) bond motifs is 1. The number of hydrogen-bond donors (Lipinski definition) is 3. The Balaban J connectivity index is 1.59. The highest BCUT2D eigenvalue weighted by atomic mass is 19.1. The summed E-state index contributed by atoms with van der Waals surface area (Å²) in [4.78, 5) is 16.8. The molecule has 3 atom stereocenters.